The van der Waals surface area contributed by atoms with Crippen molar-refractivity contribution in [2.24, 2.45) is 0 Å². The molecule has 2 aromatic rings. The molecule has 0 spiro atoms. The van der Waals surface area contributed by atoms with Crippen LogP contribution in [0.25, 0.3) is 0 Å². The van der Waals surface area contributed by atoms with Gasteiger partial charge in [0.25, 0.3) is 0 Å². The fraction of sp³-hybridized carbons (Fsp3) is 0.368. The summed E-state index contributed by atoms with van der Waals surface area (Å²) in [6.45, 7) is 6.89. The highest BCUT2D eigenvalue weighted by atomic mass is 28.4. The van der Waals surface area contributed by atoms with Gasteiger partial charge in [0.1, 0.15) is 17.6 Å². The Bertz CT molecular complexity index is 606. The Labute approximate surface area is 134 Å². The lowest BCUT2D eigenvalue weighted by Gasteiger charge is -2.34. The fourth-order valence-corrected chi connectivity index (χ4v) is 5.19. The second kappa shape index (κ2) is 6.27. The first-order chi connectivity index (χ1) is 10.6. The molecule has 0 atom stereocenters. The van der Waals surface area contributed by atoms with Crippen LogP contribution < -0.4 is 4.74 Å². The van der Waals surface area contributed by atoms with E-state index in [1.165, 1.54) is 18.9 Å². The molecule has 0 fully saturated rings. The van der Waals surface area contributed by atoms with E-state index in [-0.39, 0.29) is 6.10 Å². The predicted octanol–water partition coefficient (Wildman–Crippen LogP) is 5.90. The Morgan fingerprint density at radius 3 is 2.05 bits per heavy atom. The number of hydrogen-bond donors (Lipinski definition) is 0. The van der Waals surface area contributed by atoms with Crippen LogP contribution in [0, 0.1) is 0 Å². The van der Waals surface area contributed by atoms with E-state index in [0.717, 1.165) is 22.6 Å². The SMILES string of the molecule is CCCC[Si](C)(C)OC1c2ccccc2Oc2ccccc21. The van der Waals surface area contributed by atoms with Gasteiger partial charge in [-0.25, -0.2) is 0 Å². The van der Waals surface area contributed by atoms with Crippen molar-refractivity contribution in [1.29, 1.82) is 0 Å². The highest BCUT2D eigenvalue weighted by Gasteiger charge is 2.33. The molecule has 0 N–H and O–H groups in total. The quantitative estimate of drug-likeness (QED) is 0.640. The zero-order chi connectivity index (χ0) is 15.6. The summed E-state index contributed by atoms with van der Waals surface area (Å²) in [6, 6.07) is 17.7. The van der Waals surface area contributed by atoms with E-state index in [0.29, 0.717) is 0 Å². The van der Waals surface area contributed by atoms with Crippen LogP contribution >= 0.6 is 0 Å². The van der Waals surface area contributed by atoms with Crippen molar-refractivity contribution in [3.8, 4) is 11.5 Å². The molecule has 0 amide bonds. The molecule has 116 valence electrons. The normalized spacial score (nSPS) is 14.1. The number of unbranched alkanes of at least 4 members (excludes halogenated alkanes) is 1. The molecule has 3 heteroatoms. The van der Waals surface area contributed by atoms with Gasteiger partial charge in [-0.1, -0.05) is 56.2 Å². The minimum atomic E-state index is -1.70. The molecule has 22 heavy (non-hydrogen) atoms. The number of rotatable bonds is 5. The van der Waals surface area contributed by atoms with E-state index < -0.39 is 8.32 Å². The molecule has 1 heterocycles. The first-order valence-corrected chi connectivity index (χ1v) is 11.3. The van der Waals surface area contributed by atoms with E-state index in [2.05, 4.69) is 44.3 Å². The summed E-state index contributed by atoms with van der Waals surface area (Å²) in [4.78, 5) is 0. The highest BCUT2D eigenvalue weighted by Crippen LogP contribution is 2.45. The molecular weight excluding hydrogens is 288 g/mol. The van der Waals surface area contributed by atoms with Crippen molar-refractivity contribution in [3.63, 3.8) is 0 Å². The third kappa shape index (κ3) is 3.11. The standard InChI is InChI=1S/C19H24O2Si/c1-4-5-14-22(2,3)21-19-15-10-6-8-12-17(15)20-18-13-9-7-11-16(18)19/h6-13,19H,4-5,14H2,1-3H3. The number of benzene rings is 2. The van der Waals surface area contributed by atoms with Crippen LogP contribution in [0.4, 0.5) is 0 Å². The smallest absolute Gasteiger partial charge is 0.188 e. The molecule has 1 aliphatic heterocycles. The lowest BCUT2D eigenvalue weighted by molar-refractivity contribution is 0.217. The van der Waals surface area contributed by atoms with Gasteiger partial charge in [-0.2, -0.15) is 0 Å². The summed E-state index contributed by atoms with van der Waals surface area (Å²) in [6.07, 6.45) is 2.46. The molecule has 0 aromatic heterocycles. The largest absolute Gasteiger partial charge is 0.457 e. The lowest BCUT2D eigenvalue weighted by atomic mass is 9.97. The average molecular weight is 312 g/mol. The maximum atomic E-state index is 6.69. The van der Waals surface area contributed by atoms with Gasteiger partial charge in [-0.05, 0) is 31.3 Å². The molecule has 0 radical (unpaired) electrons. The number of hydrogen-bond acceptors (Lipinski definition) is 2. The lowest BCUT2D eigenvalue weighted by Crippen LogP contribution is -2.33. The zero-order valence-corrected chi connectivity index (χ0v) is 14.6. The van der Waals surface area contributed by atoms with Crippen LogP contribution in [0.3, 0.4) is 0 Å². The van der Waals surface area contributed by atoms with Crippen LogP contribution in [0.1, 0.15) is 37.0 Å². The van der Waals surface area contributed by atoms with Crippen molar-refractivity contribution in [2.45, 2.75) is 45.0 Å². The van der Waals surface area contributed by atoms with Crippen LogP contribution in [0.2, 0.25) is 19.1 Å². The Morgan fingerprint density at radius 2 is 1.50 bits per heavy atom. The Kier molecular flexibility index (Phi) is 4.36. The Hall–Kier alpha value is -1.58. The molecular formula is C19H24O2Si. The first-order valence-electron chi connectivity index (χ1n) is 8.14. The molecule has 0 bridgehead atoms. The van der Waals surface area contributed by atoms with Gasteiger partial charge >= 0.3 is 0 Å². The van der Waals surface area contributed by atoms with Crippen molar-refractivity contribution in [3.05, 3.63) is 59.7 Å². The summed E-state index contributed by atoms with van der Waals surface area (Å²) in [5.74, 6) is 1.85. The van der Waals surface area contributed by atoms with Gasteiger partial charge in [-0.3, -0.25) is 0 Å². The van der Waals surface area contributed by atoms with Crippen LogP contribution in [0.5, 0.6) is 11.5 Å². The van der Waals surface area contributed by atoms with Gasteiger partial charge in [-0.15, -0.1) is 0 Å². The third-order valence-corrected chi connectivity index (χ3v) is 6.62. The van der Waals surface area contributed by atoms with E-state index in [1.54, 1.807) is 0 Å². The average Bonchev–Trinajstić information content (AvgIpc) is 2.52. The molecule has 2 nitrogen and oxygen atoms in total. The second-order valence-corrected chi connectivity index (χ2v) is 10.8. The Balaban J connectivity index is 1.96. The molecule has 0 aliphatic carbocycles. The summed E-state index contributed by atoms with van der Waals surface area (Å²) >= 11 is 0. The van der Waals surface area contributed by atoms with Crippen molar-refractivity contribution in [2.75, 3.05) is 0 Å². The molecule has 0 unspecified atom stereocenters. The van der Waals surface area contributed by atoms with Gasteiger partial charge in [0.15, 0.2) is 8.32 Å². The number of para-hydroxylation sites is 2. The van der Waals surface area contributed by atoms with Crippen LogP contribution in [-0.2, 0) is 4.43 Å². The van der Waals surface area contributed by atoms with Crippen molar-refractivity contribution < 1.29 is 9.16 Å². The van der Waals surface area contributed by atoms with E-state index in [1.807, 2.05) is 24.3 Å². The summed E-state index contributed by atoms with van der Waals surface area (Å²) in [5, 5.41) is 0. The zero-order valence-electron chi connectivity index (χ0n) is 13.6. The van der Waals surface area contributed by atoms with Gasteiger partial charge in [0.05, 0.1) is 0 Å². The van der Waals surface area contributed by atoms with Crippen molar-refractivity contribution >= 4 is 8.32 Å². The molecule has 2 aromatic carbocycles. The molecule has 1 aliphatic rings. The maximum absolute atomic E-state index is 6.69. The maximum Gasteiger partial charge on any atom is 0.188 e. The predicted molar refractivity (Wildman–Crippen MR) is 93.1 cm³/mol. The molecule has 0 saturated carbocycles. The number of ether oxygens (including phenoxy) is 1. The third-order valence-electron chi connectivity index (χ3n) is 4.19. The van der Waals surface area contributed by atoms with Crippen molar-refractivity contribution in [1.82, 2.24) is 0 Å². The Morgan fingerprint density at radius 1 is 0.955 bits per heavy atom. The summed E-state index contributed by atoms with van der Waals surface area (Å²) < 4.78 is 12.7. The van der Waals surface area contributed by atoms with Gasteiger partial charge < -0.3 is 9.16 Å². The highest BCUT2D eigenvalue weighted by molar-refractivity contribution is 6.71. The van der Waals surface area contributed by atoms with Crippen LogP contribution in [-0.4, -0.2) is 8.32 Å². The molecule has 3 rings (SSSR count). The van der Waals surface area contributed by atoms with Crippen LogP contribution in [0.15, 0.2) is 48.5 Å². The van der Waals surface area contributed by atoms with E-state index >= 15 is 0 Å². The number of fused-ring (bicyclic) bond motifs is 2. The monoisotopic (exact) mass is 312 g/mol. The van der Waals surface area contributed by atoms with Gasteiger partial charge in [0, 0.05) is 11.1 Å². The molecule has 0 saturated heterocycles. The van der Waals surface area contributed by atoms with E-state index in [4.69, 9.17) is 9.16 Å². The van der Waals surface area contributed by atoms with E-state index in [9.17, 15) is 0 Å². The summed E-state index contributed by atoms with van der Waals surface area (Å²) in [5.41, 5.74) is 2.30. The minimum absolute atomic E-state index is 0.000303. The fourth-order valence-electron chi connectivity index (χ4n) is 2.97. The first kappa shape index (κ1) is 15.3. The topological polar surface area (TPSA) is 18.5 Å². The van der Waals surface area contributed by atoms with Gasteiger partial charge in [0.2, 0.25) is 0 Å². The second-order valence-electron chi connectivity index (χ2n) is 6.54. The summed E-state index contributed by atoms with van der Waals surface area (Å²) in [7, 11) is -1.70. The minimum Gasteiger partial charge on any atom is -0.457 e.